The van der Waals surface area contributed by atoms with Crippen molar-refractivity contribution in [2.75, 3.05) is 6.54 Å². The van der Waals surface area contributed by atoms with Crippen LogP contribution in [-0.2, 0) is 4.74 Å². The highest BCUT2D eigenvalue weighted by Crippen LogP contribution is 2.31. The molecule has 1 fully saturated rings. The Morgan fingerprint density at radius 2 is 2.33 bits per heavy atom. The highest BCUT2D eigenvalue weighted by molar-refractivity contribution is 4.82. The molecule has 3 heteroatoms. The van der Waals surface area contributed by atoms with E-state index >= 15 is 0 Å². The molecule has 0 aromatic carbocycles. The van der Waals surface area contributed by atoms with Gasteiger partial charge in [0.2, 0.25) is 0 Å². The quantitative estimate of drug-likeness (QED) is 0.659. The van der Waals surface area contributed by atoms with Gasteiger partial charge in [0.1, 0.15) is 0 Å². The summed E-state index contributed by atoms with van der Waals surface area (Å²) in [7, 11) is 0. The van der Waals surface area contributed by atoms with Crippen LogP contribution in [0.25, 0.3) is 0 Å². The van der Waals surface area contributed by atoms with Gasteiger partial charge in [-0.05, 0) is 26.7 Å². The van der Waals surface area contributed by atoms with E-state index in [9.17, 15) is 5.11 Å². The standard InChI is InChI=1S/C9H19NO2/c1-9(2)4-3-8(12-9)5-7(11)6-10/h7-8,11H,3-6,10H2,1-2H3. The Balaban J connectivity index is 2.28. The molecule has 1 heterocycles. The fourth-order valence-electron chi connectivity index (χ4n) is 1.64. The van der Waals surface area contributed by atoms with Crippen LogP contribution in [0.2, 0.25) is 0 Å². The smallest absolute Gasteiger partial charge is 0.0687 e. The van der Waals surface area contributed by atoms with Crippen LogP contribution in [0.4, 0.5) is 0 Å². The molecule has 0 amide bonds. The van der Waals surface area contributed by atoms with Crippen molar-refractivity contribution in [2.45, 2.75) is 50.9 Å². The van der Waals surface area contributed by atoms with Crippen molar-refractivity contribution >= 4 is 0 Å². The number of nitrogens with two attached hydrogens (primary N) is 1. The molecule has 1 aliphatic rings. The Morgan fingerprint density at radius 1 is 1.67 bits per heavy atom. The fourth-order valence-corrected chi connectivity index (χ4v) is 1.64. The van der Waals surface area contributed by atoms with Crippen LogP contribution in [0.15, 0.2) is 0 Å². The summed E-state index contributed by atoms with van der Waals surface area (Å²) in [5.74, 6) is 0. The lowest BCUT2D eigenvalue weighted by molar-refractivity contribution is -0.0334. The first-order valence-electron chi connectivity index (χ1n) is 4.59. The molecule has 0 radical (unpaired) electrons. The van der Waals surface area contributed by atoms with Gasteiger partial charge in [0.15, 0.2) is 0 Å². The Labute approximate surface area is 73.9 Å². The molecule has 0 bridgehead atoms. The highest BCUT2D eigenvalue weighted by atomic mass is 16.5. The van der Waals surface area contributed by atoms with E-state index in [0.717, 1.165) is 12.8 Å². The molecule has 0 aliphatic carbocycles. The van der Waals surface area contributed by atoms with Crippen LogP contribution in [-0.4, -0.2) is 29.5 Å². The van der Waals surface area contributed by atoms with Crippen molar-refractivity contribution in [3.05, 3.63) is 0 Å². The zero-order valence-corrected chi connectivity index (χ0v) is 7.92. The lowest BCUT2D eigenvalue weighted by Crippen LogP contribution is -2.27. The van der Waals surface area contributed by atoms with Crippen molar-refractivity contribution in [1.82, 2.24) is 0 Å². The van der Waals surface area contributed by atoms with Gasteiger partial charge in [0.05, 0.1) is 17.8 Å². The molecule has 1 aliphatic heterocycles. The molecule has 0 spiro atoms. The summed E-state index contributed by atoms with van der Waals surface area (Å²) >= 11 is 0. The van der Waals surface area contributed by atoms with Crippen molar-refractivity contribution in [3.63, 3.8) is 0 Å². The maximum Gasteiger partial charge on any atom is 0.0687 e. The molecule has 1 saturated heterocycles. The van der Waals surface area contributed by atoms with Gasteiger partial charge in [-0.25, -0.2) is 0 Å². The normalized spacial score (nSPS) is 30.5. The molecule has 0 saturated carbocycles. The van der Waals surface area contributed by atoms with Gasteiger partial charge in [0, 0.05) is 13.0 Å². The molecule has 72 valence electrons. The van der Waals surface area contributed by atoms with Crippen LogP contribution >= 0.6 is 0 Å². The first kappa shape index (κ1) is 9.96. The van der Waals surface area contributed by atoms with Crippen molar-refractivity contribution < 1.29 is 9.84 Å². The third-order valence-corrected chi connectivity index (χ3v) is 2.36. The van der Waals surface area contributed by atoms with E-state index in [0.29, 0.717) is 13.0 Å². The van der Waals surface area contributed by atoms with E-state index in [1.807, 2.05) is 0 Å². The van der Waals surface area contributed by atoms with E-state index in [4.69, 9.17) is 10.5 Å². The monoisotopic (exact) mass is 173 g/mol. The van der Waals surface area contributed by atoms with Gasteiger partial charge in [-0.1, -0.05) is 0 Å². The largest absolute Gasteiger partial charge is 0.392 e. The van der Waals surface area contributed by atoms with E-state index in [1.54, 1.807) is 0 Å². The molecule has 2 atom stereocenters. The molecule has 3 N–H and O–H groups in total. The Bertz CT molecular complexity index is 147. The maximum absolute atomic E-state index is 9.28. The van der Waals surface area contributed by atoms with Gasteiger partial charge in [-0.15, -0.1) is 0 Å². The molecule has 0 aromatic heterocycles. The Hall–Kier alpha value is -0.120. The van der Waals surface area contributed by atoms with Crippen LogP contribution < -0.4 is 5.73 Å². The van der Waals surface area contributed by atoms with Crippen LogP contribution in [0.5, 0.6) is 0 Å². The average molecular weight is 173 g/mol. The summed E-state index contributed by atoms with van der Waals surface area (Å²) in [5, 5.41) is 9.28. The van der Waals surface area contributed by atoms with Gasteiger partial charge in [0.25, 0.3) is 0 Å². The minimum Gasteiger partial charge on any atom is -0.392 e. The number of hydrogen-bond donors (Lipinski definition) is 2. The van der Waals surface area contributed by atoms with Gasteiger partial charge in [-0.2, -0.15) is 0 Å². The fraction of sp³-hybridized carbons (Fsp3) is 1.00. The molecular weight excluding hydrogens is 154 g/mol. The summed E-state index contributed by atoms with van der Waals surface area (Å²) in [4.78, 5) is 0. The lowest BCUT2D eigenvalue weighted by atomic mass is 10.0. The SMILES string of the molecule is CC1(C)CCC(CC(O)CN)O1. The van der Waals surface area contributed by atoms with Crippen LogP contribution in [0.1, 0.15) is 33.1 Å². The first-order valence-corrected chi connectivity index (χ1v) is 4.59. The topological polar surface area (TPSA) is 55.5 Å². The van der Waals surface area contributed by atoms with E-state index in [1.165, 1.54) is 0 Å². The third-order valence-electron chi connectivity index (χ3n) is 2.36. The first-order chi connectivity index (χ1) is 5.53. The van der Waals surface area contributed by atoms with E-state index in [-0.39, 0.29) is 11.7 Å². The molecular formula is C9H19NO2. The summed E-state index contributed by atoms with van der Waals surface area (Å²) < 4.78 is 5.71. The summed E-state index contributed by atoms with van der Waals surface area (Å²) in [6, 6.07) is 0. The molecule has 3 nitrogen and oxygen atoms in total. The Morgan fingerprint density at radius 3 is 2.75 bits per heavy atom. The second-order valence-corrected chi connectivity index (χ2v) is 4.16. The second-order valence-electron chi connectivity index (χ2n) is 4.16. The van der Waals surface area contributed by atoms with E-state index in [2.05, 4.69) is 13.8 Å². The number of rotatable bonds is 3. The van der Waals surface area contributed by atoms with Gasteiger partial charge >= 0.3 is 0 Å². The number of hydrogen-bond acceptors (Lipinski definition) is 3. The van der Waals surface area contributed by atoms with E-state index < -0.39 is 6.10 Å². The predicted molar refractivity (Wildman–Crippen MR) is 47.9 cm³/mol. The second kappa shape index (κ2) is 3.73. The molecule has 0 aromatic rings. The average Bonchev–Trinajstić information content (AvgIpc) is 2.30. The van der Waals surface area contributed by atoms with Crippen molar-refractivity contribution in [2.24, 2.45) is 5.73 Å². The molecule has 1 rings (SSSR count). The number of ether oxygens (including phenoxy) is 1. The van der Waals surface area contributed by atoms with Gasteiger partial charge < -0.3 is 15.6 Å². The lowest BCUT2D eigenvalue weighted by Gasteiger charge is -2.20. The zero-order chi connectivity index (χ0) is 9.19. The highest BCUT2D eigenvalue weighted by Gasteiger charge is 2.32. The van der Waals surface area contributed by atoms with Crippen LogP contribution in [0, 0.1) is 0 Å². The molecule has 2 unspecified atom stereocenters. The van der Waals surface area contributed by atoms with Crippen molar-refractivity contribution in [1.29, 1.82) is 0 Å². The maximum atomic E-state index is 9.28. The van der Waals surface area contributed by atoms with Crippen molar-refractivity contribution in [3.8, 4) is 0 Å². The number of aliphatic hydroxyl groups is 1. The summed E-state index contributed by atoms with van der Waals surface area (Å²) in [5.41, 5.74) is 5.31. The zero-order valence-electron chi connectivity index (χ0n) is 7.92. The molecule has 12 heavy (non-hydrogen) atoms. The number of aliphatic hydroxyl groups excluding tert-OH is 1. The summed E-state index contributed by atoms with van der Waals surface area (Å²) in [6.45, 7) is 4.50. The Kier molecular flexibility index (Phi) is 3.09. The minimum absolute atomic E-state index is 0.00101. The minimum atomic E-state index is -0.399. The summed E-state index contributed by atoms with van der Waals surface area (Å²) in [6.07, 6.45) is 2.61. The van der Waals surface area contributed by atoms with Crippen LogP contribution in [0.3, 0.4) is 0 Å². The predicted octanol–water partition coefficient (Wildman–Crippen LogP) is 0.654. The third kappa shape index (κ3) is 2.73. The van der Waals surface area contributed by atoms with Gasteiger partial charge in [-0.3, -0.25) is 0 Å².